The van der Waals surface area contributed by atoms with Crippen LogP contribution in [-0.2, 0) is 4.79 Å². The summed E-state index contributed by atoms with van der Waals surface area (Å²) in [5.74, 6) is -3.36. The van der Waals surface area contributed by atoms with Gasteiger partial charge in [-0.05, 0) is 50.1 Å². The third kappa shape index (κ3) is 4.69. The van der Waals surface area contributed by atoms with Crippen molar-refractivity contribution in [3.8, 4) is 0 Å². The molecule has 7 heteroatoms. The molecule has 0 fully saturated rings. The van der Waals surface area contributed by atoms with Gasteiger partial charge in [-0.2, -0.15) is 0 Å². The van der Waals surface area contributed by atoms with E-state index in [0.717, 1.165) is 39.8 Å². The highest BCUT2D eigenvalue weighted by Gasteiger charge is 2.20. The molecule has 2 aromatic rings. The Bertz CT molecular complexity index is 901. The number of carboxylic acid groups (broad SMARTS) is 1. The van der Waals surface area contributed by atoms with Crippen molar-refractivity contribution < 1.29 is 23.9 Å². The van der Waals surface area contributed by atoms with Crippen LogP contribution < -0.4 is 5.32 Å². The molecule has 0 atom stereocenters. The largest absolute Gasteiger partial charge is 0.478 e. The van der Waals surface area contributed by atoms with Crippen LogP contribution >= 0.6 is 0 Å². The molecular weight excluding hydrogens is 351 g/mol. The summed E-state index contributed by atoms with van der Waals surface area (Å²) in [7, 11) is 1.38. The molecule has 0 heterocycles. The van der Waals surface area contributed by atoms with E-state index in [1.165, 1.54) is 7.05 Å². The second kappa shape index (κ2) is 7.99. The molecule has 0 saturated heterocycles. The summed E-state index contributed by atoms with van der Waals surface area (Å²) in [5, 5.41) is 11.6. The highest BCUT2D eigenvalue weighted by atomic mass is 19.1. The number of hydrogen-bond donors (Lipinski definition) is 2. The number of hydrogen-bond acceptors (Lipinski definition) is 3. The SMILES string of the molecule is Cc1cc(C)c(NC(=O)CN(C)C(=O)c2ccc(C(=O)O)cc2F)c(C)c1. The number of carbonyl (C=O) groups excluding carboxylic acids is 2. The van der Waals surface area contributed by atoms with Gasteiger partial charge in [0.05, 0.1) is 17.7 Å². The monoisotopic (exact) mass is 372 g/mol. The molecule has 0 spiro atoms. The first-order valence-corrected chi connectivity index (χ1v) is 8.26. The summed E-state index contributed by atoms with van der Waals surface area (Å²) in [4.78, 5) is 36.6. The van der Waals surface area contributed by atoms with Gasteiger partial charge in [0.1, 0.15) is 5.82 Å². The van der Waals surface area contributed by atoms with Crippen LogP contribution in [0.2, 0.25) is 0 Å². The quantitative estimate of drug-likeness (QED) is 0.844. The van der Waals surface area contributed by atoms with Crippen molar-refractivity contribution in [2.24, 2.45) is 0 Å². The smallest absolute Gasteiger partial charge is 0.335 e. The predicted octanol–water partition coefficient (Wildman–Crippen LogP) is 3.16. The second-order valence-corrected chi connectivity index (χ2v) is 6.48. The lowest BCUT2D eigenvalue weighted by Crippen LogP contribution is -2.35. The molecule has 0 radical (unpaired) electrons. The summed E-state index contributed by atoms with van der Waals surface area (Å²) in [6.07, 6.45) is 0. The number of nitrogens with zero attached hydrogens (tertiary/aromatic N) is 1. The molecule has 0 aliphatic carbocycles. The van der Waals surface area contributed by atoms with E-state index in [1.54, 1.807) is 0 Å². The minimum absolute atomic E-state index is 0.255. The third-order valence-corrected chi connectivity index (χ3v) is 4.12. The van der Waals surface area contributed by atoms with Gasteiger partial charge in [0.2, 0.25) is 5.91 Å². The lowest BCUT2D eigenvalue weighted by molar-refractivity contribution is -0.116. The van der Waals surface area contributed by atoms with Crippen LogP contribution in [0.4, 0.5) is 10.1 Å². The van der Waals surface area contributed by atoms with Crippen molar-refractivity contribution in [3.05, 3.63) is 64.0 Å². The van der Waals surface area contributed by atoms with Gasteiger partial charge >= 0.3 is 5.97 Å². The molecule has 2 aromatic carbocycles. The maximum atomic E-state index is 14.0. The molecule has 2 amide bonds. The number of amides is 2. The molecule has 0 unspecified atom stereocenters. The molecule has 2 N–H and O–H groups in total. The fourth-order valence-electron chi connectivity index (χ4n) is 2.87. The number of benzene rings is 2. The van der Waals surface area contributed by atoms with Crippen LogP contribution in [0.25, 0.3) is 0 Å². The van der Waals surface area contributed by atoms with Gasteiger partial charge in [-0.1, -0.05) is 17.7 Å². The minimum Gasteiger partial charge on any atom is -0.478 e. The Morgan fingerprint density at radius 2 is 1.67 bits per heavy atom. The summed E-state index contributed by atoms with van der Waals surface area (Å²) >= 11 is 0. The fraction of sp³-hybridized carbons (Fsp3) is 0.250. The van der Waals surface area contributed by atoms with Gasteiger partial charge in [0.25, 0.3) is 5.91 Å². The van der Waals surface area contributed by atoms with E-state index in [1.807, 2.05) is 32.9 Å². The first-order chi connectivity index (χ1) is 12.6. The van der Waals surface area contributed by atoms with Crippen molar-refractivity contribution in [2.45, 2.75) is 20.8 Å². The molecule has 142 valence electrons. The topological polar surface area (TPSA) is 86.7 Å². The van der Waals surface area contributed by atoms with E-state index in [-0.39, 0.29) is 17.7 Å². The Morgan fingerprint density at radius 1 is 1.07 bits per heavy atom. The average Bonchev–Trinajstić information content (AvgIpc) is 2.57. The molecular formula is C20H21FN2O4. The molecule has 0 aliphatic rings. The zero-order valence-electron chi connectivity index (χ0n) is 15.6. The normalized spacial score (nSPS) is 10.4. The molecule has 0 saturated carbocycles. The van der Waals surface area contributed by atoms with Gasteiger partial charge in [-0.15, -0.1) is 0 Å². The van der Waals surface area contributed by atoms with Gasteiger partial charge in [-0.25, -0.2) is 9.18 Å². The first kappa shape index (κ1) is 20.1. The van der Waals surface area contributed by atoms with E-state index in [2.05, 4.69) is 5.32 Å². The molecule has 0 aliphatic heterocycles. The van der Waals surface area contributed by atoms with Gasteiger partial charge in [0.15, 0.2) is 0 Å². The standard InChI is InChI=1S/C20H21FN2O4/c1-11-7-12(2)18(13(3)8-11)22-17(24)10-23(4)19(25)15-6-5-14(20(26)27)9-16(15)21/h5-9H,10H2,1-4H3,(H,22,24)(H,26,27). The highest BCUT2D eigenvalue weighted by molar-refractivity contribution is 6.00. The Labute approximate surface area is 156 Å². The van der Waals surface area contributed by atoms with E-state index in [9.17, 15) is 18.8 Å². The molecule has 0 aromatic heterocycles. The number of rotatable bonds is 5. The van der Waals surface area contributed by atoms with Crippen LogP contribution in [0.1, 0.15) is 37.4 Å². The Morgan fingerprint density at radius 3 is 2.19 bits per heavy atom. The number of halogens is 1. The Hall–Kier alpha value is -3.22. The zero-order chi connectivity index (χ0) is 20.3. The summed E-state index contributed by atoms with van der Waals surface area (Å²) in [6.45, 7) is 5.45. The highest BCUT2D eigenvalue weighted by Crippen LogP contribution is 2.22. The maximum absolute atomic E-state index is 14.0. The van der Waals surface area contributed by atoms with Crippen LogP contribution in [0.15, 0.2) is 30.3 Å². The van der Waals surface area contributed by atoms with E-state index >= 15 is 0 Å². The minimum atomic E-state index is -1.29. The van der Waals surface area contributed by atoms with E-state index in [0.29, 0.717) is 5.69 Å². The molecule has 6 nitrogen and oxygen atoms in total. The van der Waals surface area contributed by atoms with Crippen molar-refractivity contribution in [1.82, 2.24) is 4.90 Å². The van der Waals surface area contributed by atoms with Crippen LogP contribution in [0.5, 0.6) is 0 Å². The third-order valence-electron chi connectivity index (χ3n) is 4.12. The molecule has 27 heavy (non-hydrogen) atoms. The molecule has 2 rings (SSSR count). The zero-order valence-corrected chi connectivity index (χ0v) is 15.6. The Balaban J connectivity index is 2.10. The van der Waals surface area contributed by atoms with Gasteiger partial charge in [0, 0.05) is 12.7 Å². The predicted molar refractivity (Wildman–Crippen MR) is 99.6 cm³/mol. The van der Waals surface area contributed by atoms with Crippen LogP contribution in [0, 0.1) is 26.6 Å². The summed E-state index contributed by atoms with van der Waals surface area (Å²) in [5.41, 5.74) is 3.03. The van der Waals surface area contributed by atoms with Gasteiger partial charge in [-0.3, -0.25) is 9.59 Å². The van der Waals surface area contributed by atoms with Crippen LogP contribution in [0.3, 0.4) is 0 Å². The van der Waals surface area contributed by atoms with E-state index < -0.39 is 23.6 Å². The van der Waals surface area contributed by atoms with Crippen molar-refractivity contribution in [3.63, 3.8) is 0 Å². The second-order valence-electron chi connectivity index (χ2n) is 6.48. The summed E-state index contributed by atoms with van der Waals surface area (Å²) in [6, 6.07) is 6.91. The fourth-order valence-corrected chi connectivity index (χ4v) is 2.87. The summed E-state index contributed by atoms with van der Waals surface area (Å²) < 4.78 is 14.0. The lowest BCUT2D eigenvalue weighted by atomic mass is 10.1. The number of nitrogens with one attached hydrogen (secondary N) is 1. The maximum Gasteiger partial charge on any atom is 0.335 e. The number of likely N-dealkylation sites (N-methyl/N-ethyl adjacent to an activating group) is 1. The van der Waals surface area contributed by atoms with Crippen LogP contribution in [-0.4, -0.2) is 41.4 Å². The lowest BCUT2D eigenvalue weighted by Gasteiger charge is -2.19. The number of aromatic carboxylic acids is 1. The first-order valence-electron chi connectivity index (χ1n) is 8.26. The van der Waals surface area contributed by atoms with Crippen molar-refractivity contribution in [2.75, 3.05) is 18.9 Å². The number of carbonyl (C=O) groups is 3. The number of carboxylic acids is 1. The number of aryl methyl sites for hydroxylation is 3. The average molecular weight is 372 g/mol. The number of anilines is 1. The van der Waals surface area contributed by atoms with E-state index in [4.69, 9.17) is 5.11 Å². The molecule has 0 bridgehead atoms. The Kier molecular flexibility index (Phi) is 5.95. The van der Waals surface area contributed by atoms with Crippen molar-refractivity contribution >= 4 is 23.5 Å². The van der Waals surface area contributed by atoms with Gasteiger partial charge < -0.3 is 15.3 Å². The van der Waals surface area contributed by atoms with Crippen molar-refractivity contribution in [1.29, 1.82) is 0 Å².